The number of hydrogen-bond acceptors (Lipinski definition) is 6. The van der Waals surface area contributed by atoms with E-state index in [1.807, 2.05) is 0 Å². The van der Waals surface area contributed by atoms with Crippen molar-refractivity contribution in [1.29, 1.82) is 0 Å². The molecule has 6 heteroatoms. The van der Waals surface area contributed by atoms with Crippen molar-refractivity contribution in [3.63, 3.8) is 0 Å². The lowest BCUT2D eigenvalue weighted by Gasteiger charge is -2.13. The summed E-state index contributed by atoms with van der Waals surface area (Å²) in [5, 5.41) is 1.09. The number of ether oxygens (including phenoxy) is 3. The van der Waals surface area contributed by atoms with Gasteiger partial charge in [0.15, 0.2) is 5.75 Å². The van der Waals surface area contributed by atoms with Crippen molar-refractivity contribution in [1.82, 2.24) is 0 Å². The van der Waals surface area contributed by atoms with E-state index in [0.717, 1.165) is 6.08 Å². The first-order valence-corrected chi connectivity index (χ1v) is 5.98. The highest BCUT2D eigenvalue weighted by Crippen LogP contribution is 2.38. The highest BCUT2D eigenvalue weighted by Gasteiger charge is 2.16. The molecule has 0 aliphatic rings. The Morgan fingerprint density at radius 1 is 1.19 bits per heavy atom. The number of carbonyl (C=O) groups is 2. The number of esters is 1. The van der Waals surface area contributed by atoms with Crippen LogP contribution < -0.4 is 15.2 Å². The Kier molecular flexibility index (Phi) is 4.08. The van der Waals surface area contributed by atoms with Gasteiger partial charge >= 0.3 is 12.1 Å². The van der Waals surface area contributed by atoms with Crippen LogP contribution in [-0.2, 0) is 9.53 Å². The molecule has 0 saturated carbocycles. The summed E-state index contributed by atoms with van der Waals surface area (Å²) >= 11 is 0. The van der Waals surface area contributed by atoms with Gasteiger partial charge in [-0.25, -0.2) is 9.59 Å². The van der Waals surface area contributed by atoms with Crippen molar-refractivity contribution < 1.29 is 23.8 Å². The lowest BCUT2D eigenvalue weighted by atomic mass is 10.1. The molecule has 108 valence electrons. The average molecular weight is 287 g/mol. The molecule has 0 heterocycles. The number of methoxy groups -OCH3 is 1. The van der Waals surface area contributed by atoms with E-state index in [1.54, 1.807) is 24.3 Å². The van der Waals surface area contributed by atoms with Crippen LogP contribution >= 0.6 is 0 Å². The zero-order chi connectivity index (χ0) is 15.4. The fraction of sp³-hybridized carbons (Fsp3) is 0.0667. The zero-order valence-electron chi connectivity index (χ0n) is 11.3. The summed E-state index contributed by atoms with van der Waals surface area (Å²) in [5.74, 6) is -0.227. The Labute approximate surface area is 120 Å². The Bertz CT molecular complexity index is 723. The lowest BCUT2D eigenvalue weighted by molar-refractivity contribution is -0.128. The predicted molar refractivity (Wildman–Crippen MR) is 77.2 cm³/mol. The minimum Gasteiger partial charge on any atom is -0.437 e. The third-order valence-electron chi connectivity index (χ3n) is 2.72. The van der Waals surface area contributed by atoms with Crippen molar-refractivity contribution in [2.75, 3.05) is 12.8 Å². The second-order valence-corrected chi connectivity index (χ2v) is 4.02. The molecule has 0 atom stereocenters. The largest absolute Gasteiger partial charge is 0.513 e. The van der Waals surface area contributed by atoms with Crippen LogP contribution in [0.15, 0.2) is 43.0 Å². The summed E-state index contributed by atoms with van der Waals surface area (Å²) in [6, 6.07) is 8.29. The van der Waals surface area contributed by atoms with E-state index in [4.69, 9.17) is 15.2 Å². The molecule has 0 fully saturated rings. The number of hydrogen-bond donors (Lipinski definition) is 1. The lowest BCUT2D eigenvalue weighted by Crippen LogP contribution is -2.09. The second kappa shape index (κ2) is 5.96. The number of rotatable bonds is 3. The minimum absolute atomic E-state index is 0.155. The average Bonchev–Trinajstić information content (AvgIpc) is 2.50. The normalized spacial score (nSPS) is 9.95. The molecule has 0 aromatic heterocycles. The van der Waals surface area contributed by atoms with Crippen LogP contribution in [0.5, 0.6) is 11.5 Å². The van der Waals surface area contributed by atoms with Gasteiger partial charge < -0.3 is 19.9 Å². The van der Waals surface area contributed by atoms with Gasteiger partial charge in [0.25, 0.3) is 0 Å². The number of anilines is 1. The van der Waals surface area contributed by atoms with E-state index < -0.39 is 12.1 Å². The molecule has 2 aromatic carbocycles. The van der Waals surface area contributed by atoms with Gasteiger partial charge in [-0.2, -0.15) is 0 Å². The fourth-order valence-electron chi connectivity index (χ4n) is 1.81. The Balaban J connectivity index is 2.60. The van der Waals surface area contributed by atoms with Gasteiger partial charge in [0, 0.05) is 22.9 Å². The molecule has 2 aromatic rings. The molecule has 0 aliphatic heterocycles. The smallest absolute Gasteiger partial charge is 0.437 e. The summed E-state index contributed by atoms with van der Waals surface area (Å²) < 4.78 is 14.6. The molecule has 0 spiro atoms. The van der Waals surface area contributed by atoms with Gasteiger partial charge in [-0.1, -0.05) is 30.8 Å². The number of carbonyl (C=O) groups excluding carboxylic acids is 2. The topological polar surface area (TPSA) is 87.9 Å². The first kappa shape index (κ1) is 14.4. The van der Waals surface area contributed by atoms with E-state index in [-0.39, 0.29) is 17.2 Å². The van der Waals surface area contributed by atoms with E-state index in [9.17, 15) is 9.59 Å². The summed E-state index contributed by atoms with van der Waals surface area (Å²) in [6.07, 6.45) is 0.169. The van der Waals surface area contributed by atoms with Crippen LogP contribution in [0.4, 0.5) is 10.5 Å². The van der Waals surface area contributed by atoms with Crippen LogP contribution in [0.3, 0.4) is 0 Å². The molecule has 0 aliphatic carbocycles. The molecule has 0 bridgehead atoms. The zero-order valence-corrected chi connectivity index (χ0v) is 11.3. The molecule has 2 rings (SSSR count). The van der Waals surface area contributed by atoms with Crippen molar-refractivity contribution in [2.24, 2.45) is 0 Å². The first-order valence-electron chi connectivity index (χ1n) is 5.98. The number of fused-ring (bicyclic) bond motifs is 1. The van der Waals surface area contributed by atoms with Crippen molar-refractivity contribution in [2.45, 2.75) is 0 Å². The van der Waals surface area contributed by atoms with Crippen LogP contribution in [0.1, 0.15) is 0 Å². The highest BCUT2D eigenvalue weighted by atomic mass is 16.7. The van der Waals surface area contributed by atoms with Crippen molar-refractivity contribution in [3.8, 4) is 11.5 Å². The van der Waals surface area contributed by atoms with Gasteiger partial charge in [-0.3, -0.25) is 0 Å². The van der Waals surface area contributed by atoms with Gasteiger partial charge in [0.1, 0.15) is 5.75 Å². The molecule has 0 saturated heterocycles. The molecule has 6 nitrogen and oxygen atoms in total. The first-order chi connectivity index (χ1) is 10.1. The quantitative estimate of drug-likeness (QED) is 0.307. The van der Waals surface area contributed by atoms with Gasteiger partial charge in [0.05, 0.1) is 12.8 Å². The fourth-order valence-corrected chi connectivity index (χ4v) is 1.81. The third kappa shape index (κ3) is 2.94. The molecule has 0 amide bonds. The van der Waals surface area contributed by atoms with Crippen molar-refractivity contribution in [3.05, 3.63) is 43.0 Å². The second-order valence-electron chi connectivity index (χ2n) is 4.02. The molecule has 0 radical (unpaired) electrons. The highest BCUT2D eigenvalue weighted by molar-refractivity contribution is 6.00. The summed E-state index contributed by atoms with van der Waals surface area (Å²) in [7, 11) is 1.20. The van der Waals surface area contributed by atoms with Gasteiger partial charge in [0.2, 0.25) is 0 Å². The predicted octanol–water partition coefficient (Wildman–Crippen LogP) is 2.66. The van der Waals surface area contributed by atoms with E-state index in [0.29, 0.717) is 10.8 Å². The molecule has 0 unspecified atom stereocenters. The number of nitrogen functional groups attached to an aromatic ring is 1. The van der Waals surface area contributed by atoms with Gasteiger partial charge in [-0.05, 0) is 0 Å². The summed E-state index contributed by atoms with van der Waals surface area (Å²) in [4.78, 5) is 22.6. The van der Waals surface area contributed by atoms with E-state index in [2.05, 4.69) is 11.3 Å². The SMILES string of the molecule is C=CC(=O)Oc1c(N)cc(OC(=O)OC)c2ccccc12. The van der Waals surface area contributed by atoms with Crippen LogP contribution in [0, 0.1) is 0 Å². The molecule has 21 heavy (non-hydrogen) atoms. The Morgan fingerprint density at radius 2 is 1.86 bits per heavy atom. The van der Waals surface area contributed by atoms with Crippen LogP contribution in [0.25, 0.3) is 10.8 Å². The molecule has 2 N–H and O–H groups in total. The van der Waals surface area contributed by atoms with Gasteiger partial charge in [-0.15, -0.1) is 0 Å². The monoisotopic (exact) mass is 287 g/mol. The molecular weight excluding hydrogens is 274 g/mol. The van der Waals surface area contributed by atoms with Crippen LogP contribution in [0.2, 0.25) is 0 Å². The maximum absolute atomic E-state index is 11.4. The molecular formula is C15H13NO5. The minimum atomic E-state index is -0.865. The standard InChI is InChI=1S/C15H13NO5/c1-3-13(17)21-14-10-7-5-4-6-9(10)12(8-11(14)16)20-15(18)19-2/h3-8H,1,16H2,2H3. The third-order valence-corrected chi connectivity index (χ3v) is 2.72. The number of benzene rings is 2. The summed E-state index contributed by atoms with van der Waals surface area (Å²) in [5.41, 5.74) is 6.02. The van der Waals surface area contributed by atoms with Crippen LogP contribution in [-0.4, -0.2) is 19.2 Å². The maximum atomic E-state index is 11.4. The van der Waals surface area contributed by atoms with Crippen molar-refractivity contribution >= 4 is 28.6 Å². The van der Waals surface area contributed by atoms with E-state index in [1.165, 1.54) is 13.2 Å². The maximum Gasteiger partial charge on any atom is 0.513 e. The number of nitrogens with two attached hydrogens (primary N) is 1. The Morgan fingerprint density at radius 3 is 2.48 bits per heavy atom. The summed E-state index contributed by atoms with van der Waals surface area (Å²) in [6.45, 7) is 3.33. The Hall–Kier alpha value is -3.02. The van der Waals surface area contributed by atoms with E-state index >= 15 is 0 Å².